The summed E-state index contributed by atoms with van der Waals surface area (Å²) in [6.45, 7) is 5.30. The van der Waals surface area contributed by atoms with E-state index in [4.69, 9.17) is 0 Å². The fourth-order valence-electron chi connectivity index (χ4n) is 3.14. The Balaban J connectivity index is 1.84. The lowest BCUT2D eigenvalue weighted by Crippen LogP contribution is -2.34. The number of benzene rings is 1. The molecule has 2 nitrogen and oxygen atoms in total. The van der Waals surface area contributed by atoms with Gasteiger partial charge in [-0.1, -0.05) is 19.9 Å². The van der Waals surface area contributed by atoms with Crippen molar-refractivity contribution in [3.63, 3.8) is 0 Å². The minimum absolute atomic E-state index is 0.0265. The zero-order chi connectivity index (χ0) is 15.5. The van der Waals surface area contributed by atoms with Gasteiger partial charge in [0.2, 0.25) is 0 Å². The van der Waals surface area contributed by atoms with Crippen molar-refractivity contribution in [1.29, 1.82) is 0 Å². The SMILES string of the molecule is CC1(C)CCC(NCC(CO)Cc2ccc(F)c(F)c2)C1. The average molecular weight is 297 g/mol. The molecule has 0 heterocycles. The van der Waals surface area contributed by atoms with Crippen molar-refractivity contribution >= 4 is 0 Å². The average Bonchev–Trinajstić information content (AvgIpc) is 2.78. The summed E-state index contributed by atoms with van der Waals surface area (Å²) in [6.07, 6.45) is 4.08. The van der Waals surface area contributed by atoms with Crippen LogP contribution in [0, 0.1) is 23.0 Å². The minimum Gasteiger partial charge on any atom is -0.396 e. The molecule has 1 aromatic rings. The molecule has 2 N–H and O–H groups in total. The molecule has 118 valence electrons. The Hall–Kier alpha value is -1.00. The normalized spacial score (nSPS) is 22.4. The van der Waals surface area contributed by atoms with Crippen LogP contribution in [0.15, 0.2) is 18.2 Å². The molecule has 1 aliphatic rings. The van der Waals surface area contributed by atoms with E-state index < -0.39 is 11.6 Å². The molecule has 4 heteroatoms. The topological polar surface area (TPSA) is 32.3 Å². The smallest absolute Gasteiger partial charge is 0.159 e. The first-order valence-electron chi connectivity index (χ1n) is 7.68. The van der Waals surface area contributed by atoms with Crippen LogP contribution in [0.5, 0.6) is 0 Å². The van der Waals surface area contributed by atoms with Crippen molar-refractivity contribution < 1.29 is 13.9 Å². The Bertz CT molecular complexity index is 476. The van der Waals surface area contributed by atoms with Crippen LogP contribution in [0.3, 0.4) is 0 Å². The summed E-state index contributed by atoms with van der Waals surface area (Å²) in [5, 5.41) is 13.0. The van der Waals surface area contributed by atoms with Crippen molar-refractivity contribution in [2.24, 2.45) is 11.3 Å². The highest BCUT2D eigenvalue weighted by Gasteiger charge is 2.30. The number of hydrogen-bond acceptors (Lipinski definition) is 2. The predicted molar refractivity (Wildman–Crippen MR) is 80.1 cm³/mol. The first-order chi connectivity index (χ1) is 9.89. The van der Waals surface area contributed by atoms with Crippen LogP contribution >= 0.6 is 0 Å². The van der Waals surface area contributed by atoms with Crippen LogP contribution in [0.25, 0.3) is 0 Å². The van der Waals surface area contributed by atoms with Crippen LogP contribution in [0.1, 0.15) is 38.7 Å². The molecule has 0 aliphatic heterocycles. The summed E-state index contributed by atoms with van der Waals surface area (Å²) in [5.74, 6) is -1.63. The van der Waals surface area contributed by atoms with E-state index in [9.17, 15) is 13.9 Å². The summed E-state index contributed by atoms with van der Waals surface area (Å²) < 4.78 is 26.1. The predicted octanol–water partition coefficient (Wildman–Crippen LogP) is 3.28. The van der Waals surface area contributed by atoms with Crippen molar-refractivity contribution in [2.45, 2.75) is 45.6 Å². The molecule has 0 aromatic heterocycles. The lowest BCUT2D eigenvalue weighted by Gasteiger charge is -2.21. The molecule has 2 atom stereocenters. The van der Waals surface area contributed by atoms with E-state index in [0.29, 0.717) is 24.4 Å². The van der Waals surface area contributed by atoms with E-state index in [-0.39, 0.29) is 12.5 Å². The van der Waals surface area contributed by atoms with Crippen LogP contribution in [-0.4, -0.2) is 24.3 Å². The summed E-state index contributed by atoms with van der Waals surface area (Å²) in [4.78, 5) is 0. The Morgan fingerprint density at radius 2 is 2.10 bits per heavy atom. The van der Waals surface area contributed by atoms with Crippen LogP contribution < -0.4 is 5.32 Å². The largest absolute Gasteiger partial charge is 0.396 e. The van der Waals surface area contributed by atoms with Gasteiger partial charge in [-0.25, -0.2) is 8.78 Å². The van der Waals surface area contributed by atoms with Crippen molar-refractivity contribution in [3.05, 3.63) is 35.4 Å². The molecule has 0 bridgehead atoms. The number of hydrogen-bond donors (Lipinski definition) is 2. The Labute approximate surface area is 125 Å². The molecule has 0 amide bonds. The lowest BCUT2D eigenvalue weighted by atomic mass is 9.91. The van der Waals surface area contributed by atoms with Gasteiger partial charge in [0.25, 0.3) is 0 Å². The zero-order valence-electron chi connectivity index (χ0n) is 12.8. The second kappa shape index (κ2) is 6.84. The molecular weight excluding hydrogens is 272 g/mol. The summed E-state index contributed by atoms with van der Waals surface area (Å²) in [6, 6.07) is 4.45. The highest BCUT2D eigenvalue weighted by molar-refractivity contribution is 5.18. The second-order valence-corrected chi connectivity index (χ2v) is 7.01. The first-order valence-corrected chi connectivity index (χ1v) is 7.68. The second-order valence-electron chi connectivity index (χ2n) is 7.01. The van der Waals surface area contributed by atoms with Crippen LogP contribution in [-0.2, 0) is 6.42 Å². The highest BCUT2D eigenvalue weighted by atomic mass is 19.2. The maximum atomic E-state index is 13.2. The monoisotopic (exact) mass is 297 g/mol. The lowest BCUT2D eigenvalue weighted by molar-refractivity contribution is 0.217. The van der Waals surface area contributed by atoms with E-state index in [2.05, 4.69) is 19.2 Å². The van der Waals surface area contributed by atoms with E-state index in [1.54, 1.807) is 6.07 Å². The number of aliphatic hydroxyl groups excluding tert-OH is 1. The summed E-state index contributed by atoms with van der Waals surface area (Å²) >= 11 is 0. The standard InChI is InChI=1S/C17H25F2NO/c1-17(2)6-5-14(9-17)20-10-13(11-21)7-12-3-4-15(18)16(19)8-12/h3-4,8,13-14,20-21H,5-7,9-11H2,1-2H3. The highest BCUT2D eigenvalue weighted by Crippen LogP contribution is 2.36. The van der Waals surface area contributed by atoms with Crippen molar-refractivity contribution in [2.75, 3.05) is 13.2 Å². The van der Waals surface area contributed by atoms with Crippen LogP contribution in [0.2, 0.25) is 0 Å². The first kappa shape index (κ1) is 16.4. The Morgan fingerprint density at radius 3 is 2.67 bits per heavy atom. The zero-order valence-corrected chi connectivity index (χ0v) is 12.8. The molecule has 0 radical (unpaired) electrons. The third-order valence-electron chi connectivity index (χ3n) is 4.43. The number of nitrogens with one attached hydrogen (secondary N) is 1. The molecule has 0 saturated heterocycles. The fraction of sp³-hybridized carbons (Fsp3) is 0.647. The molecule has 1 aromatic carbocycles. The molecule has 1 fully saturated rings. The van der Waals surface area contributed by atoms with Gasteiger partial charge in [-0.3, -0.25) is 0 Å². The molecule has 2 rings (SSSR count). The Kier molecular flexibility index (Phi) is 5.33. The molecule has 2 unspecified atom stereocenters. The van der Waals surface area contributed by atoms with Crippen LogP contribution in [0.4, 0.5) is 8.78 Å². The molecular formula is C17H25F2NO. The number of rotatable bonds is 6. The molecule has 21 heavy (non-hydrogen) atoms. The molecule has 0 spiro atoms. The van der Waals surface area contributed by atoms with Crippen molar-refractivity contribution in [3.8, 4) is 0 Å². The third-order valence-corrected chi connectivity index (χ3v) is 4.43. The van der Waals surface area contributed by atoms with E-state index in [1.165, 1.54) is 12.5 Å². The van der Waals surface area contributed by atoms with Gasteiger partial charge in [0.1, 0.15) is 0 Å². The molecule has 1 aliphatic carbocycles. The quantitative estimate of drug-likeness (QED) is 0.844. The third kappa shape index (κ3) is 4.75. The van der Waals surface area contributed by atoms with Gasteiger partial charge in [0, 0.05) is 19.2 Å². The maximum Gasteiger partial charge on any atom is 0.159 e. The van der Waals surface area contributed by atoms with Gasteiger partial charge in [-0.15, -0.1) is 0 Å². The van der Waals surface area contributed by atoms with E-state index >= 15 is 0 Å². The molecule has 1 saturated carbocycles. The minimum atomic E-state index is -0.828. The van der Waals surface area contributed by atoms with Gasteiger partial charge in [-0.2, -0.15) is 0 Å². The van der Waals surface area contributed by atoms with Gasteiger partial charge < -0.3 is 10.4 Å². The number of halogens is 2. The summed E-state index contributed by atoms with van der Waals surface area (Å²) in [5.41, 5.74) is 1.12. The maximum absolute atomic E-state index is 13.2. The van der Waals surface area contributed by atoms with Gasteiger partial charge in [0.05, 0.1) is 0 Å². The van der Waals surface area contributed by atoms with E-state index in [0.717, 1.165) is 24.5 Å². The number of aliphatic hydroxyl groups is 1. The van der Waals surface area contributed by atoms with Gasteiger partial charge in [-0.05, 0) is 54.7 Å². The van der Waals surface area contributed by atoms with Gasteiger partial charge >= 0.3 is 0 Å². The van der Waals surface area contributed by atoms with E-state index in [1.807, 2.05) is 0 Å². The van der Waals surface area contributed by atoms with Gasteiger partial charge in [0.15, 0.2) is 11.6 Å². The summed E-state index contributed by atoms with van der Waals surface area (Å²) in [7, 11) is 0. The fourth-order valence-corrected chi connectivity index (χ4v) is 3.14. The Morgan fingerprint density at radius 1 is 1.33 bits per heavy atom. The van der Waals surface area contributed by atoms with Crippen molar-refractivity contribution in [1.82, 2.24) is 5.32 Å².